The molecule has 0 heterocycles. The molecule has 1 saturated carbocycles. The third kappa shape index (κ3) is 2.81. The lowest BCUT2D eigenvalue weighted by Gasteiger charge is -2.14. The standard InChI is InChI=1S/C12H18N2O2S2/c1-9-7-10(3-4-11(9)13)18(15,16)14-8-12(17-2)5-6-12/h3-4,7,14H,5-6,8,13H2,1-2H3. The van der Waals surface area contributed by atoms with E-state index in [0.717, 1.165) is 18.4 Å². The van der Waals surface area contributed by atoms with Gasteiger partial charge < -0.3 is 5.73 Å². The van der Waals surface area contributed by atoms with Crippen molar-refractivity contribution in [2.45, 2.75) is 29.4 Å². The van der Waals surface area contributed by atoms with Crippen molar-refractivity contribution in [3.8, 4) is 0 Å². The molecule has 6 heteroatoms. The fourth-order valence-electron chi connectivity index (χ4n) is 1.72. The van der Waals surface area contributed by atoms with E-state index in [4.69, 9.17) is 5.73 Å². The van der Waals surface area contributed by atoms with Gasteiger partial charge in [0.2, 0.25) is 10.0 Å². The van der Waals surface area contributed by atoms with Gasteiger partial charge in [0.05, 0.1) is 4.90 Å². The van der Waals surface area contributed by atoms with Gasteiger partial charge in [-0.3, -0.25) is 0 Å². The van der Waals surface area contributed by atoms with Crippen molar-refractivity contribution in [2.24, 2.45) is 0 Å². The predicted octanol–water partition coefficient (Wildman–Crippen LogP) is 1.75. The van der Waals surface area contributed by atoms with Crippen molar-refractivity contribution >= 4 is 27.5 Å². The number of rotatable bonds is 5. The van der Waals surface area contributed by atoms with Gasteiger partial charge in [-0.25, -0.2) is 13.1 Å². The molecule has 0 radical (unpaired) electrons. The summed E-state index contributed by atoms with van der Waals surface area (Å²) < 4.78 is 27.1. The zero-order valence-corrected chi connectivity index (χ0v) is 12.2. The van der Waals surface area contributed by atoms with Crippen LogP contribution in [0.25, 0.3) is 0 Å². The number of nitrogens with two attached hydrogens (primary N) is 1. The van der Waals surface area contributed by atoms with Gasteiger partial charge in [-0.05, 0) is 49.8 Å². The third-order valence-electron chi connectivity index (χ3n) is 3.38. The van der Waals surface area contributed by atoms with E-state index < -0.39 is 10.0 Å². The first kappa shape index (κ1) is 13.7. The zero-order valence-electron chi connectivity index (χ0n) is 10.6. The molecule has 0 saturated heterocycles. The summed E-state index contributed by atoms with van der Waals surface area (Å²) in [6, 6.07) is 4.78. The molecule has 1 aliphatic rings. The van der Waals surface area contributed by atoms with Crippen molar-refractivity contribution in [1.29, 1.82) is 0 Å². The Morgan fingerprint density at radius 1 is 1.44 bits per heavy atom. The molecular weight excluding hydrogens is 268 g/mol. The van der Waals surface area contributed by atoms with E-state index in [1.807, 2.05) is 6.26 Å². The molecule has 1 aliphatic carbocycles. The lowest BCUT2D eigenvalue weighted by Crippen LogP contribution is -2.31. The number of aryl methyl sites for hydroxylation is 1. The number of hydrogen-bond acceptors (Lipinski definition) is 4. The maximum Gasteiger partial charge on any atom is 0.240 e. The summed E-state index contributed by atoms with van der Waals surface area (Å²) in [6.07, 6.45) is 4.18. The monoisotopic (exact) mass is 286 g/mol. The van der Waals surface area contributed by atoms with Crippen LogP contribution in [0.3, 0.4) is 0 Å². The van der Waals surface area contributed by atoms with Gasteiger partial charge in [0.15, 0.2) is 0 Å². The van der Waals surface area contributed by atoms with Crippen LogP contribution in [-0.2, 0) is 10.0 Å². The quantitative estimate of drug-likeness (QED) is 0.809. The number of benzene rings is 1. The molecule has 1 aromatic carbocycles. The normalized spacial score (nSPS) is 17.7. The summed E-state index contributed by atoms with van der Waals surface area (Å²) >= 11 is 1.73. The molecule has 0 bridgehead atoms. The van der Waals surface area contributed by atoms with E-state index in [0.29, 0.717) is 12.2 Å². The summed E-state index contributed by atoms with van der Waals surface area (Å²) in [5, 5.41) is 0. The minimum absolute atomic E-state index is 0.121. The summed E-state index contributed by atoms with van der Waals surface area (Å²) in [7, 11) is -3.42. The fourth-order valence-corrected chi connectivity index (χ4v) is 3.75. The Bertz CT molecular complexity index is 551. The van der Waals surface area contributed by atoms with Gasteiger partial charge in [-0.1, -0.05) is 0 Å². The van der Waals surface area contributed by atoms with E-state index in [1.54, 1.807) is 36.9 Å². The second kappa shape index (κ2) is 4.75. The maximum absolute atomic E-state index is 12.1. The number of nitrogens with one attached hydrogen (secondary N) is 1. The molecule has 0 spiro atoms. The van der Waals surface area contributed by atoms with E-state index in [-0.39, 0.29) is 9.64 Å². The molecule has 100 valence electrons. The maximum atomic E-state index is 12.1. The van der Waals surface area contributed by atoms with Crippen LogP contribution in [0.5, 0.6) is 0 Å². The molecule has 2 rings (SSSR count). The third-order valence-corrected chi connectivity index (χ3v) is 6.19. The van der Waals surface area contributed by atoms with Gasteiger partial charge >= 0.3 is 0 Å². The van der Waals surface area contributed by atoms with Crippen molar-refractivity contribution in [3.05, 3.63) is 23.8 Å². The molecule has 0 atom stereocenters. The summed E-state index contributed by atoms with van der Waals surface area (Å²) in [5.41, 5.74) is 7.08. The van der Waals surface area contributed by atoms with E-state index >= 15 is 0 Å². The smallest absolute Gasteiger partial charge is 0.240 e. The molecule has 3 N–H and O–H groups in total. The highest BCUT2D eigenvalue weighted by molar-refractivity contribution is 8.00. The van der Waals surface area contributed by atoms with Crippen LogP contribution in [0.1, 0.15) is 18.4 Å². The molecular formula is C12H18N2O2S2. The Balaban J connectivity index is 2.13. The molecule has 0 aliphatic heterocycles. The summed E-state index contributed by atoms with van der Waals surface area (Å²) in [4.78, 5) is 0.283. The van der Waals surface area contributed by atoms with Crippen molar-refractivity contribution in [3.63, 3.8) is 0 Å². The number of sulfonamides is 1. The average Bonchev–Trinajstić information content (AvgIpc) is 3.11. The number of thioether (sulfide) groups is 1. The number of anilines is 1. The van der Waals surface area contributed by atoms with Crippen LogP contribution in [-0.4, -0.2) is 26.0 Å². The molecule has 18 heavy (non-hydrogen) atoms. The van der Waals surface area contributed by atoms with Crippen molar-refractivity contribution in [2.75, 3.05) is 18.5 Å². The first-order valence-corrected chi connectivity index (χ1v) is 8.50. The van der Waals surface area contributed by atoms with Gasteiger partial charge in [-0.15, -0.1) is 0 Å². The van der Waals surface area contributed by atoms with Crippen molar-refractivity contribution < 1.29 is 8.42 Å². The van der Waals surface area contributed by atoms with E-state index in [1.165, 1.54) is 0 Å². The second-order valence-corrected chi connectivity index (χ2v) is 7.77. The predicted molar refractivity (Wildman–Crippen MR) is 76.3 cm³/mol. The van der Waals surface area contributed by atoms with Crippen LogP contribution in [0.4, 0.5) is 5.69 Å². The van der Waals surface area contributed by atoms with Crippen molar-refractivity contribution in [1.82, 2.24) is 4.72 Å². The van der Waals surface area contributed by atoms with Crippen LogP contribution < -0.4 is 10.5 Å². The first-order valence-electron chi connectivity index (χ1n) is 5.79. The lowest BCUT2D eigenvalue weighted by atomic mass is 10.2. The van der Waals surface area contributed by atoms with Gasteiger partial charge in [0.25, 0.3) is 0 Å². The molecule has 0 amide bonds. The largest absolute Gasteiger partial charge is 0.399 e. The van der Waals surface area contributed by atoms with Gasteiger partial charge in [0.1, 0.15) is 0 Å². The highest BCUT2D eigenvalue weighted by Gasteiger charge is 2.42. The molecule has 0 unspecified atom stereocenters. The van der Waals surface area contributed by atoms with Gasteiger partial charge in [0, 0.05) is 17.0 Å². The SMILES string of the molecule is CSC1(CNS(=O)(=O)c2ccc(N)c(C)c2)CC1. The Morgan fingerprint density at radius 2 is 2.11 bits per heavy atom. The summed E-state index contributed by atoms with van der Waals surface area (Å²) in [5.74, 6) is 0. The molecule has 1 aromatic rings. The Morgan fingerprint density at radius 3 is 2.61 bits per heavy atom. The average molecular weight is 286 g/mol. The Hall–Kier alpha value is -0.720. The molecule has 4 nitrogen and oxygen atoms in total. The molecule has 0 aromatic heterocycles. The molecule has 1 fully saturated rings. The minimum Gasteiger partial charge on any atom is -0.399 e. The number of hydrogen-bond donors (Lipinski definition) is 2. The Kier molecular flexibility index (Phi) is 3.62. The van der Waals surface area contributed by atoms with E-state index in [9.17, 15) is 8.42 Å². The van der Waals surface area contributed by atoms with E-state index in [2.05, 4.69) is 4.72 Å². The summed E-state index contributed by atoms with van der Waals surface area (Å²) in [6.45, 7) is 2.30. The minimum atomic E-state index is -3.42. The topological polar surface area (TPSA) is 72.2 Å². The zero-order chi connectivity index (χ0) is 13.4. The second-order valence-electron chi connectivity index (χ2n) is 4.73. The van der Waals surface area contributed by atoms with Crippen LogP contribution in [0.15, 0.2) is 23.1 Å². The lowest BCUT2D eigenvalue weighted by molar-refractivity contribution is 0.579. The van der Waals surface area contributed by atoms with Crippen LogP contribution in [0.2, 0.25) is 0 Å². The highest BCUT2D eigenvalue weighted by atomic mass is 32.2. The first-order chi connectivity index (χ1) is 8.38. The van der Waals surface area contributed by atoms with Gasteiger partial charge in [-0.2, -0.15) is 11.8 Å². The Labute approximate surface area is 112 Å². The van der Waals surface area contributed by atoms with Crippen LogP contribution in [0, 0.1) is 6.92 Å². The van der Waals surface area contributed by atoms with Crippen LogP contribution >= 0.6 is 11.8 Å². The number of nitrogen functional groups attached to an aromatic ring is 1. The highest BCUT2D eigenvalue weighted by Crippen LogP contribution is 2.46. The fraction of sp³-hybridized carbons (Fsp3) is 0.500.